The van der Waals surface area contributed by atoms with Gasteiger partial charge in [-0.3, -0.25) is 4.79 Å². The zero-order chi connectivity index (χ0) is 12.3. The minimum absolute atomic E-state index is 0.161. The van der Waals surface area contributed by atoms with Crippen molar-refractivity contribution in [1.29, 1.82) is 0 Å². The van der Waals surface area contributed by atoms with Crippen LogP contribution < -0.4 is 10.6 Å². The molecule has 1 amide bonds. The van der Waals surface area contributed by atoms with E-state index in [1.807, 2.05) is 6.92 Å². The van der Waals surface area contributed by atoms with Crippen LogP contribution in [-0.4, -0.2) is 37.2 Å². The molecule has 4 heteroatoms. The SMILES string of the molecule is CC(NC(=O)C1(C)CCCN1)C1CCOCC1. The van der Waals surface area contributed by atoms with Crippen LogP contribution in [0, 0.1) is 5.92 Å². The van der Waals surface area contributed by atoms with Gasteiger partial charge in [0, 0.05) is 19.3 Å². The number of hydrogen-bond acceptors (Lipinski definition) is 3. The highest BCUT2D eigenvalue weighted by molar-refractivity contribution is 5.86. The molecule has 98 valence electrons. The summed E-state index contributed by atoms with van der Waals surface area (Å²) in [5.74, 6) is 0.728. The molecule has 2 fully saturated rings. The maximum absolute atomic E-state index is 12.2. The zero-order valence-electron chi connectivity index (χ0n) is 10.9. The Morgan fingerprint density at radius 3 is 2.76 bits per heavy atom. The van der Waals surface area contributed by atoms with Crippen LogP contribution in [0.15, 0.2) is 0 Å². The lowest BCUT2D eigenvalue weighted by atomic mass is 9.91. The summed E-state index contributed by atoms with van der Waals surface area (Å²) in [6.07, 6.45) is 4.16. The molecule has 0 spiro atoms. The predicted octanol–water partition coefficient (Wildman–Crippen LogP) is 1.06. The van der Waals surface area contributed by atoms with Crippen molar-refractivity contribution in [2.45, 2.75) is 51.1 Å². The third-order valence-corrected chi connectivity index (χ3v) is 4.20. The van der Waals surface area contributed by atoms with E-state index in [1.165, 1.54) is 0 Å². The number of ether oxygens (including phenoxy) is 1. The van der Waals surface area contributed by atoms with E-state index in [0.717, 1.165) is 45.4 Å². The Balaban J connectivity index is 1.84. The first-order valence-corrected chi connectivity index (χ1v) is 6.75. The van der Waals surface area contributed by atoms with Crippen molar-refractivity contribution >= 4 is 5.91 Å². The summed E-state index contributed by atoms with van der Waals surface area (Å²) >= 11 is 0. The van der Waals surface area contributed by atoms with Gasteiger partial charge in [0.05, 0.1) is 5.54 Å². The lowest BCUT2D eigenvalue weighted by Gasteiger charge is -2.31. The van der Waals surface area contributed by atoms with Gasteiger partial charge in [-0.1, -0.05) is 0 Å². The second-order valence-electron chi connectivity index (χ2n) is 5.57. The Bertz CT molecular complexity index is 269. The number of hydrogen-bond donors (Lipinski definition) is 2. The van der Waals surface area contributed by atoms with Gasteiger partial charge >= 0.3 is 0 Å². The molecule has 2 N–H and O–H groups in total. The molecule has 2 rings (SSSR count). The summed E-state index contributed by atoms with van der Waals surface area (Å²) in [7, 11) is 0. The van der Waals surface area contributed by atoms with Gasteiger partial charge in [0.2, 0.25) is 5.91 Å². The van der Waals surface area contributed by atoms with Gasteiger partial charge in [-0.2, -0.15) is 0 Å². The number of carbonyl (C=O) groups excluding carboxylic acids is 1. The fourth-order valence-electron chi connectivity index (χ4n) is 2.79. The van der Waals surface area contributed by atoms with Gasteiger partial charge in [-0.15, -0.1) is 0 Å². The van der Waals surface area contributed by atoms with Gasteiger partial charge in [0.1, 0.15) is 0 Å². The van der Waals surface area contributed by atoms with E-state index >= 15 is 0 Å². The molecule has 0 aromatic rings. The molecule has 2 aliphatic rings. The lowest BCUT2D eigenvalue weighted by Crippen LogP contribution is -2.54. The van der Waals surface area contributed by atoms with Crippen LogP contribution in [0.1, 0.15) is 39.5 Å². The topological polar surface area (TPSA) is 50.4 Å². The summed E-state index contributed by atoms with van der Waals surface area (Å²) in [6, 6.07) is 0.255. The summed E-state index contributed by atoms with van der Waals surface area (Å²) in [6.45, 7) is 6.74. The van der Waals surface area contributed by atoms with Crippen molar-refractivity contribution in [3.05, 3.63) is 0 Å². The quantitative estimate of drug-likeness (QED) is 0.775. The third kappa shape index (κ3) is 2.99. The van der Waals surface area contributed by atoms with Crippen LogP contribution in [0.5, 0.6) is 0 Å². The van der Waals surface area contributed by atoms with Gasteiger partial charge < -0.3 is 15.4 Å². The van der Waals surface area contributed by atoms with E-state index < -0.39 is 0 Å². The van der Waals surface area contributed by atoms with Crippen molar-refractivity contribution in [3.8, 4) is 0 Å². The van der Waals surface area contributed by atoms with E-state index in [-0.39, 0.29) is 17.5 Å². The Morgan fingerprint density at radius 2 is 2.18 bits per heavy atom. The van der Waals surface area contributed by atoms with Crippen molar-refractivity contribution in [2.24, 2.45) is 5.92 Å². The summed E-state index contributed by atoms with van der Waals surface area (Å²) < 4.78 is 5.35. The Kier molecular flexibility index (Phi) is 4.05. The summed E-state index contributed by atoms with van der Waals surface area (Å²) in [4.78, 5) is 12.2. The van der Waals surface area contributed by atoms with Crippen LogP contribution >= 0.6 is 0 Å². The van der Waals surface area contributed by atoms with E-state index in [2.05, 4.69) is 17.6 Å². The second-order valence-corrected chi connectivity index (χ2v) is 5.57. The highest BCUT2D eigenvalue weighted by Crippen LogP contribution is 2.22. The molecule has 17 heavy (non-hydrogen) atoms. The fourth-order valence-corrected chi connectivity index (χ4v) is 2.79. The Morgan fingerprint density at radius 1 is 1.47 bits per heavy atom. The molecular formula is C13H24N2O2. The van der Waals surface area contributed by atoms with Crippen molar-refractivity contribution in [1.82, 2.24) is 10.6 Å². The molecule has 0 aromatic carbocycles. The molecule has 2 heterocycles. The molecule has 2 aliphatic heterocycles. The fraction of sp³-hybridized carbons (Fsp3) is 0.923. The normalized spacial score (nSPS) is 32.4. The van der Waals surface area contributed by atoms with E-state index in [0.29, 0.717) is 5.92 Å². The van der Waals surface area contributed by atoms with Crippen LogP contribution in [0.2, 0.25) is 0 Å². The molecule has 0 aliphatic carbocycles. The Labute approximate surface area is 103 Å². The molecule has 0 bridgehead atoms. The predicted molar refractivity (Wildman–Crippen MR) is 66.8 cm³/mol. The monoisotopic (exact) mass is 240 g/mol. The average Bonchev–Trinajstić information content (AvgIpc) is 2.78. The first-order chi connectivity index (χ1) is 8.12. The zero-order valence-corrected chi connectivity index (χ0v) is 10.9. The van der Waals surface area contributed by atoms with E-state index in [4.69, 9.17) is 4.74 Å². The minimum Gasteiger partial charge on any atom is -0.381 e. The first kappa shape index (κ1) is 12.8. The summed E-state index contributed by atoms with van der Waals surface area (Å²) in [5.41, 5.74) is -0.348. The largest absolute Gasteiger partial charge is 0.381 e. The molecule has 4 nitrogen and oxygen atoms in total. The molecule has 2 unspecified atom stereocenters. The van der Waals surface area contributed by atoms with Gasteiger partial charge in [-0.25, -0.2) is 0 Å². The molecule has 2 saturated heterocycles. The summed E-state index contributed by atoms with van der Waals surface area (Å²) in [5, 5.41) is 6.48. The highest BCUT2D eigenvalue weighted by Gasteiger charge is 2.37. The molecule has 0 aromatic heterocycles. The van der Waals surface area contributed by atoms with Gasteiger partial charge in [-0.05, 0) is 52.0 Å². The van der Waals surface area contributed by atoms with E-state index in [9.17, 15) is 4.79 Å². The van der Waals surface area contributed by atoms with Gasteiger partial charge in [0.15, 0.2) is 0 Å². The minimum atomic E-state index is -0.348. The van der Waals surface area contributed by atoms with Crippen molar-refractivity contribution in [3.63, 3.8) is 0 Å². The Hall–Kier alpha value is -0.610. The average molecular weight is 240 g/mol. The first-order valence-electron chi connectivity index (χ1n) is 6.75. The third-order valence-electron chi connectivity index (χ3n) is 4.20. The van der Waals surface area contributed by atoms with Crippen LogP contribution in [0.3, 0.4) is 0 Å². The lowest BCUT2D eigenvalue weighted by molar-refractivity contribution is -0.127. The smallest absolute Gasteiger partial charge is 0.240 e. The van der Waals surface area contributed by atoms with Crippen LogP contribution in [0.4, 0.5) is 0 Å². The van der Waals surface area contributed by atoms with Crippen LogP contribution in [0.25, 0.3) is 0 Å². The maximum atomic E-state index is 12.2. The number of carbonyl (C=O) groups is 1. The van der Waals surface area contributed by atoms with Gasteiger partial charge in [0.25, 0.3) is 0 Å². The number of rotatable bonds is 3. The molecule has 0 radical (unpaired) electrons. The molecular weight excluding hydrogens is 216 g/mol. The number of nitrogens with one attached hydrogen (secondary N) is 2. The van der Waals surface area contributed by atoms with Crippen LogP contribution in [-0.2, 0) is 9.53 Å². The standard InChI is InChI=1S/C13H24N2O2/c1-10(11-4-8-17-9-5-11)15-12(16)13(2)6-3-7-14-13/h10-11,14H,3-9H2,1-2H3,(H,15,16). The second kappa shape index (κ2) is 5.36. The highest BCUT2D eigenvalue weighted by atomic mass is 16.5. The van der Waals surface area contributed by atoms with Crippen molar-refractivity contribution in [2.75, 3.05) is 19.8 Å². The van der Waals surface area contributed by atoms with E-state index in [1.54, 1.807) is 0 Å². The molecule has 0 saturated carbocycles. The molecule has 2 atom stereocenters. The van der Waals surface area contributed by atoms with Crippen molar-refractivity contribution < 1.29 is 9.53 Å². The maximum Gasteiger partial charge on any atom is 0.240 e. The number of amides is 1.